The second-order valence-electron chi connectivity index (χ2n) is 9.82. The molecule has 2 aromatic carbocycles. The van der Waals surface area contributed by atoms with Gasteiger partial charge in [0.15, 0.2) is 0 Å². The predicted octanol–water partition coefficient (Wildman–Crippen LogP) is 2.74. The summed E-state index contributed by atoms with van der Waals surface area (Å²) in [6.45, 7) is 5.35. The molecule has 232 valence electrons. The van der Waals surface area contributed by atoms with Crippen molar-refractivity contribution < 1.29 is 33.4 Å². The molecule has 0 spiro atoms. The fraction of sp³-hybridized carbons (Fsp3) is 0.379. The zero-order chi connectivity index (χ0) is 32.0. The third-order valence-electron chi connectivity index (χ3n) is 6.15. The Morgan fingerprint density at radius 3 is 2.16 bits per heavy atom. The van der Waals surface area contributed by atoms with Crippen LogP contribution in [0.3, 0.4) is 0 Å². The molecule has 0 aliphatic heterocycles. The van der Waals surface area contributed by atoms with Crippen LogP contribution in [-0.4, -0.2) is 54.1 Å². The van der Waals surface area contributed by atoms with Crippen LogP contribution in [0.1, 0.15) is 49.5 Å². The Labute approximate surface area is 251 Å². The number of benzene rings is 2. The van der Waals surface area contributed by atoms with Crippen molar-refractivity contribution in [2.45, 2.75) is 52.3 Å². The summed E-state index contributed by atoms with van der Waals surface area (Å²) in [5.74, 6) is -1.96. The summed E-state index contributed by atoms with van der Waals surface area (Å²) in [6.07, 6.45) is 5.82. The molecule has 5 amide bonds. The molecule has 0 fully saturated rings. The van der Waals surface area contributed by atoms with Crippen molar-refractivity contribution >= 4 is 42.6 Å². The first-order valence-electron chi connectivity index (χ1n) is 13.7. The van der Waals surface area contributed by atoms with Gasteiger partial charge in [0.1, 0.15) is 12.1 Å². The molecule has 0 bridgehead atoms. The Balaban J connectivity index is 2.13. The monoisotopic (exact) mass is 614 g/mol. The van der Waals surface area contributed by atoms with Gasteiger partial charge in [-0.25, -0.2) is 4.79 Å². The third kappa shape index (κ3) is 11.4. The molecule has 43 heavy (non-hydrogen) atoms. The van der Waals surface area contributed by atoms with Crippen molar-refractivity contribution in [1.29, 1.82) is 0 Å². The van der Waals surface area contributed by atoms with E-state index in [-0.39, 0.29) is 37.7 Å². The lowest BCUT2D eigenvalue weighted by molar-refractivity contribution is -0.128. The number of aliphatic hydroxyl groups excluding tert-OH is 1. The highest BCUT2D eigenvalue weighted by Crippen LogP contribution is 2.45. The first-order chi connectivity index (χ1) is 20.4. The maximum Gasteiger partial charge on any atom is 0.367 e. The number of carbonyl (C=O) groups excluding carboxylic acids is 4. The van der Waals surface area contributed by atoms with Gasteiger partial charge in [-0.2, -0.15) is 0 Å². The minimum absolute atomic E-state index is 0.148. The van der Waals surface area contributed by atoms with Gasteiger partial charge in [-0.05, 0) is 67.6 Å². The number of primary amides is 1. The fourth-order valence-corrected chi connectivity index (χ4v) is 4.94. The van der Waals surface area contributed by atoms with Crippen molar-refractivity contribution in [1.82, 2.24) is 16.0 Å². The number of anilines is 2. The lowest BCUT2D eigenvalue weighted by Crippen LogP contribution is -2.54. The quantitative estimate of drug-likeness (QED) is 0.0850. The van der Waals surface area contributed by atoms with Crippen molar-refractivity contribution in [3.63, 3.8) is 0 Å². The summed E-state index contributed by atoms with van der Waals surface area (Å²) < 4.78 is 17.6. The average Bonchev–Trinajstić information content (AvgIpc) is 2.97. The van der Waals surface area contributed by atoms with Gasteiger partial charge in [0.25, 0.3) is 5.91 Å². The van der Waals surface area contributed by atoms with Crippen molar-refractivity contribution in [2.24, 2.45) is 11.7 Å². The van der Waals surface area contributed by atoms with E-state index in [1.807, 2.05) is 0 Å². The Hall–Kier alpha value is -4.37. The summed E-state index contributed by atoms with van der Waals surface area (Å²) in [7, 11) is -3.52. The molecule has 8 N–H and O–H groups in total. The lowest BCUT2D eigenvalue weighted by Gasteiger charge is -2.25. The molecule has 3 atom stereocenters. The van der Waals surface area contributed by atoms with Gasteiger partial charge in [0.05, 0.1) is 13.2 Å². The van der Waals surface area contributed by atoms with Crippen LogP contribution in [0.25, 0.3) is 0 Å². The summed E-state index contributed by atoms with van der Waals surface area (Å²) in [5, 5.41) is 22.5. The van der Waals surface area contributed by atoms with Crippen molar-refractivity contribution in [2.75, 3.05) is 23.6 Å². The van der Waals surface area contributed by atoms with E-state index < -0.39 is 43.4 Å². The minimum atomic E-state index is -3.52. The minimum Gasteiger partial charge on any atom is -0.392 e. The van der Waals surface area contributed by atoms with Crippen molar-refractivity contribution in [3.05, 3.63) is 59.7 Å². The molecular weight excluding hydrogens is 575 g/mol. The van der Waals surface area contributed by atoms with E-state index in [0.29, 0.717) is 23.4 Å². The van der Waals surface area contributed by atoms with Crippen LogP contribution < -0.4 is 32.1 Å². The van der Waals surface area contributed by atoms with Gasteiger partial charge >= 0.3 is 13.6 Å². The van der Waals surface area contributed by atoms with Gasteiger partial charge in [-0.15, -0.1) is 6.42 Å². The van der Waals surface area contributed by atoms with E-state index in [9.17, 15) is 28.8 Å². The SMILES string of the molecule is C#CP(=O)(Nc1ccc(C(=O)NC(C(=O)N[C@@H](CCCNC(N)=O)C(=O)Nc2ccc(CO)cc2)C(C)C)cc1)OCC. The van der Waals surface area contributed by atoms with Crippen LogP contribution in [0.15, 0.2) is 48.5 Å². The van der Waals surface area contributed by atoms with E-state index in [1.54, 1.807) is 45.0 Å². The largest absolute Gasteiger partial charge is 0.392 e. The van der Waals surface area contributed by atoms with Gasteiger partial charge in [0.2, 0.25) is 11.8 Å². The Kier molecular flexibility index (Phi) is 13.7. The number of hydrogen-bond acceptors (Lipinski definition) is 7. The zero-order valence-corrected chi connectivity index (χ0v) is 25.3. The molecule has 2 aromatic rings. The van der Waals surface area contributed by atoms with Gasteiger partial charge in [-0.1, -0.05) is 26.0 Å². The molecule has 14 heteroatoms. The van der Waals surface area contributed by atoms with E-state index >= 15 is 0 Å². The standard InChI is InChI=1S/C29H39N6O7P/c1-5-42-43(41,6-2)35-23-15-11-21(12-16-23)26(37)34-25(19(3)4)28(39)33-24(8-7-17-31-29(30)40)27(38)32-22-13-9-20(18-36)10-14-22/h2,9-16,19,24-25,36H,5,7-8,17-18H2,1,3-4H3,(H,32,38)(H,33,39)(H,34,37)(H,35,41)(H3,30,31,40)/t24-,25?,43?/m0/s1. The number of rotatable bonds is 16. The van der Waals surface area contributed by atoms with Crippen LogP contribution in [0.2, 0.25) is 0 Å². The predicted molar refractivity (Wildman–Crippen MR) is 164 cm³/mol. The maximum absolute atomic E-state index is 13.4. The molecule has 2 rings (SSSR count). The highest BCUT2D eigenvalue weighted by Gasteiger charge is 2.29. The van der Waals surface area contributed by atoms with Crippen LogP contribution in [0, 0.1) is 18.0 Å². The van der Waals surface area contributed by atoms with Gasteiger partial charge in [-0.3, -0.25) is 18.9 Å². The molecule has 0 aromatic heterocycles. The van der Waals surface area contributed by atoms with Gasteiger partial charge in [0, 0.05) is 29.1 Å². The molecule has 0 saturated heterocycles. The summed E-state index contributed by atoms with van der Waals surface area (Å²) >= 11 is 0. The highest BCUT2D eigenvalue weighted by atomic mass is 31.2. The number of nitrogens with two attached hydrogens (primary N) is 1. The lowest BCUT2D eigenvalue weighted by atomic mass is 10.0. The molecule has 0 aliphatic carbocycles. The Bertz CT molecular complexity index is 1340. The maximum atomic E-state index is 13.4. The van der Waals surface area contributed by atoms with E-state index in [1.165, 1.54) is 24.3 Å². The Morgan fingerprint density at radius 2 is 1.63 bits per heavy atom. The van der Waals surface area contributed by atoms with Crippen LogP contribution >= 0.6 is 7.52 Å². The third-order valence-corrected chi connectivity index (χ3v) is 7.66. The highest BCUT2D eigenvalue weighted by molar-refractivity contribution is 7.65. The van der Waals surface area contributed by atoms with Crippen LogP contribution in [0.4, 0.5) is 16.2 Å². The first kappa shape index (κ1) is 34.8. The molecule has 0 aliphatic rings. The normalized spacial score (nSPS) is 13.5. The van der Waals surface area contributed by atoms with E-state index in [4.69, 9.17) is 16.7 Å². The number of amides is 5. The molecule has 0 saturated carbocycles. The smallest absolute Gasteiger partial charge is 0.367 e. The Morgan fingerprint density at radius 1 is 1.00 bits per heavy atom. The number of hydrogen-bond donors (Lipinski definition) is 7. The van der Waals surface area contributed by atoms with Crippen molar-refractivity contribution in [3.8, 4) is 12.1 Å². The zero-order valence-electron chi connectivity index (χ0n) is 24.4. The molecule has 2 unspecified atom stereocenters. The van der Waals surface area contributed by atoms with E-state index in [2.05, 4.69) is 32.0 Å². The molecule has 0 radical (unpaired) electrons. The number of aliphatic hydroxyl groups is 1. The summed E-state index contributed by atoms with van der Waals surface area (Å²) in [5.41, 5.74) is 8.97. The molecule has 0 heterocycles. The topological polar surface area (TPSA) is 201 Å². The van der Waals surface area contributed by atoms with Gasteiger partial charge < -0.3 is 41.7 Å². The van der Waals surface area contributed by atoms with Crippen LogP contribution in [0.5, 0.6) is 0 Å². The second kappa shape index (κ2) is 16.9. The second-order valence-corrected chi connectivity index (χ2v) is 11.7. The summed E-state index contributed by atoms with van der Waals surface area (Å²) in [4.78, 5) is 50.6. The fourth-order valence-electron chi connectivity index (χ4n) is 3.88. The van der Waals surface area contributed by atoms with E-state index in [0.717, 1.165) is 0 Å². The first-order valence-corrected chi connectivity index (χ1v) is 15.3. The van der Waals surface area contributed by atoms with Crippen LogP contribution in [-0.2, 0) is 25.3 Å². The average molecular weight is 615 g/mol. The number of urea groups is 1. The number of terminal acetylenes is 1. The molecule has 13 nitrogen and oxygen atoms in total. The summed E-state index contributed by atoms with van der Waals surface area (Å²) in [6, 6.07) is 9.82. The molecular formula is C29H39N6O7P. The number of carbonyl (C=O) groups is 4. The number of nitrogens with one attached hydrogen (secondary N) is 5.